The molecule has 2 aliphatic rings. The number of nitrogens with zero attached hydrogens (tertiary/aromatic N) is 3. The smallest absolute Gasteiger partial charge is 0.321 e. The van der Waals surface area contributed by atoms with Crippen LogP contribution in [0.2, 0.25) is 0 Å². The Kier molecular flexibility index (Phi) is 6.84. The maximum atomic E-state index is 13.6. The molecular weight excluding hydrogens is 428 g/mol. The summed E-state index contributed by atoms with van der Waals surface area (Å²) in [6.45, 7) is 1.24. The van der Waals surface area contributed by atoms with Crippen molar-refractivity contribution < 1.29 is 14.3 Å². The number of ether oxygens (including phenoxy) is 1. The average Bonchev–Trinajstić information content (AvgIpc) is 3.10. The van der Waals surface area contributed by atoms with E-state index < -0.39 is 0 Å². The second-order valence-corrected chi connectivity index (χ2v) is 9.76. The molecule has 1 aliphatic heterocycles. The van der Waals surface area contributed by atoms with Crippen molar-refractivity contribution >= 4 is 11.9 Å². The zero-order chi connectivity index (χ0) is 24.3. The molecule has 1 N–H and O–H groups in total. The molecule has 2 aromatic carbocycles. The maximum absolute atomic E-state index is 13.6. The van der Waals surface area contributed by atoms with Crippen LogP contribution in [0.15, 0.2) is 54.6 Å². The van der Waals surface area contributed by atoms with Crippen LogP contribution in [0.1, 0.15) is 36.8 Å². The van der Waals surface area contributed by atoms with Gasteiger partial charge in [0.25, 0.3) is 0 Å². The van der Waals surface area contributed by atoms with Gasteiger partial charge in [-0.25, -0.2) is 4.79 Å². The molecule has 0 bridgehead atoms. The van der Waals surface area contributed by atoms with E-state index in [1.165, 1.54) is 5.56 Å². The van der Waals surface area contributed by atoms with Crippen molar-refractivity contribution in [2.24, 2.45) is 0 Å². The van der Waals surface area contributed by atoms with Gasteiger partial charge in [-0.3, -0.25) is 9.69 Å². The van der Waals surface area contributed by atoms with Gasteiger partial charge in [0.2, 0.25) is 5.91 Å². The molecule has 0 radical (unpaired) electrons. The Balaban J connectivity index is 1.59. The third kappa shape index (κ3) is 4.37. The average molecular weight is 465 g/mol. The summed E-state index contributed by atoms with van der Waals surface area (Å²) in [5, 5.41) is 2.70. The van der Waals surface area contributed by atoms with Gasteiger partial charge in [0.1, 0.15) is 12.3 Å². The number of hydrogen-bond acceptors (Lipinski definition) is 4. The zero-order valence-electron chi connectivity index (χ0n) is 20.7. The number of nitrogens with one attached hydrogen (secondary N) is 1. The highest BCUT2D eigenvalue weighted by atomic mass is 16.5. The molecule has 1 aliphatic carbocycles. The summed E-state index contributed by atoms with van der Waals surface area (Å²) in [5.41, 5.74) is 1.95. The van der Waals surface area contributed by atoms with Gasteiger partial charge in [-0.15, -0.1) is 0 Å². The number of methoxy groups -OCH3 is 1. The lowest BCUT2D eigenvalue weighted by Crippen LogP contribution is -2.57. The van der Waals surface area contributed by atoms with E-state index in [2.05, 4.69) is 54.6 Å². The Hall–Kier alpha value is -3.06. The van der Waals surface area contributed by atoms with E-state index in [-0.39, 0.29) is 29.6 Å². The molecule has 2 aromatic rings. The van der Waals surface area contributed by atoms with Crippen molar-refractivity contribution in [3.8, 4) is 5.75 Å². The molecule has 34 heavy (non-hydrogen) atoms. The van der Waals surface area contributed by atoms with Gasteiger partial charge in [-0.05, 0) is 63.0 Å². The van der Waals surface area contributed by atoms with Crippen LogP contribution in [0.4, 0.5) is 4.79 Å². The Labute approximate surface area is 202 Å². The van der Waals surface area contributed by atoms with Crippen LogP contribution in [-0.4, -0.2) is 73.5 Å². The monoisotopic (exact) mass is 464 g/mol. The molecule has 2 fully saturated rings. The lowest BCUT2D eigenvalue weighted by molar-refractivity contribution is -0.122. The highest BCUT2D eigenvalue weighted by Gasteiger charge is 2.54. The molecular formula is C27H36N4O3. The van der Waals surface area contributed by atoms with Crippen molar-refractivity contribution in [1.82, 2.24) is 20.0 Å². The van der Waals surface area contributed by atoms with E-state index in [9.17, 15) is 9.59 Å². The minimum Gasteiger partial charge on any atom is -0.497 e. The fraction of sp³-hybridized carbons (Fsp3) is 0.481. The van der Waals surface area contributed by atoms with E-state index in [1.54, 1.807) is 14.2 Å². The maximum Gasteiger partial charge on any atom is 0.321 e. The number of carbonyl (C=O) groups excluding carboxylic acids is 2. The van der Waals surface area contributed by atoms with Crippen molar-refractivity contribution in [2.75, 3.05) is 41.3 Å². The van der Waals surface area contributed by atoms with Crippen LogP contribution in [0.3, 0.4) is 0 Å². The van der Waals surface area contributed by atoms with E-state index >= 15 is 0 Å². The van der Waals surface area contributed by atoms with Gasteiger partial charge in [0.15, 0.2) is 0 Å². The van der Waals surface area contributed by atoms with Gasteiger partial charge in [-0.1, -0.05) is 42.5 Å². The fourth-order valence-electron chi connectivity index (χ4n) is 5.71. The van der Waals surface area contributed by atoms with Crippen molar-refractivity contribution in [2.45, 2.75) is 43.3 Å². The first-order valence-electron chi connectivity index (χ1n) is 12.0. The van der Waals surface area contributed by atoms with Crippen LogP contribution in [0, 0.1) is 0 Å². The number of carbonyl (C=O) groups is 2. The summed E-state index contributed by atoms with van der Waals surface area (Å²) in [6.07, 6.45) is 3.56. The van der Waals surface area contributed by atoms with Crippen molar-refractivity contribution in [1.29, 1.82) is 0 Å². The minimum absolute atomic E-state index is 0.0588. The van der Waals surface area contributed by atoms with E-state index in [0.717, 1.165) is 37.0 Å². The van der Waals surface area contributed by atoms with Crippen LogP contribution < -0.4 is 10.1 Å². The normalized spacial score (nSPS) is 24.7. The molecule has 182 valence electrons. The molecule has 1 saturated carbocycles. The van der Waals surface area contributed by atoms with Crippen molar-refractivity contribution in [3.63, 3.8) is 0 Å². The molecule has 1 heterocycles. The highest BCUT2D eigenvalue weighted by molar-refractivity contribution is 5.86. The molecule has 0 aromatic heterocycles. The molecule has 0 unspecified atom stereocenters. The van der Waals surface area contributed by atoms with Crippen LogP contribution in [0.5, 0.6) is 5.75 Å². The highest BCUT2D eigenvalue weighted by Crippen LogP contribution is 2.49. The predicted molar refractivity (Wildman–Crippen MR) is 133 cm³/mol. The van der Waals surface area contributed by atoms with Crippen LogP contribution >= 0.6 is 0 Å². The quantitative estimate of drug-likeness (QED) is 0.682. The largest absolute Gasteiger partial charge is 0.497 e. The molecule has 1 spiro atoms. The SMILES string of the molecule is CNC(=O)CN1C(=O)N(Cc2ccc(OC)cc2)C[C@]12CC[C@](c1ccccc1)(N(C)C)CC2. The van der Waals surface area contributed by atoms with Gasteiger partial charge in [-0.2, -0.15) is 0 Å². The first-order valence-corrected chi connectivity index (χ1v) is 12.0. The second-order valence-electron chi connectivity index (χ2n) is 9.76. The molecule has 4 rings (SSSR count). The third-order valence-electron chi connectivity index (χ3n) is 7.85. The Morgan fingerprint density at radius 2 is 1.68 bits per heavy atom. The Morgan fingerprint density at radius 3 is 2.24 bits per heavy atom. The number of likely N-dealkylation sites (N-methyl/N-ethyl adjacent to an activating group) is 1. The van der Waals surface area contributed by atoms with Crippen LogP contribution in [-0.2, 0) is 16.9 Å². The summed E-state index contributed by atoms with van der Waals surface area (Å²) >= 11 is 0. The molecule has 0 atom stereocenters. The summed E-state index contributed by atoms with van der Waals surface area (Å²) in [5.74, 6) is 0.661. The molecule has 3 amide bonds. The Bertz CT molecular complexity index is 998. The lowest BCUT2D eigenvalue weighted by atomic mass is 9.68. The van der Waals surface area contributed by atoms with Crippen LogP contribution in [0.25, 0.3) is 0 Å². The number of rotatable bonds is 7. The summed E-state index contributed by atoms with van der Waals surface area (Å²) in [7, 11) is 7.55. The van der Waals surface area contributed by atoms with E-state index in [0.29, 0.717) is 13.1 Å². The van der Waals surface area contributed by atoms with Gasteiger partial charge >= 0.3 is 6.03 Å². The molecule has 1 saturated heterocycles. The first-order chi connectivity index (χ1) is 16.3. The lowest BCUT2D eigenvalue weighted by Gasteiger charge is -2.50. The fourth-order valence-corrected chi connectivity index (χ4v) is 5.71. The van der Waals surface area contributed by atoms with E-state index in [1.807, 2.05) is 34.1 Å². The van der Waals surface area contributed by atoms with Crippen molar-refractivity contribution in [3.05, 3.63) is 65.7 Å². The first kappa shape index (κ1) is 24.1. The summed E-state index contributed by atoms with van der Waals surface area (Å²) in [4.78, 5) is 32.0. The van der Waals surface area contributed by atoms with E-state index in [4.69, 9.17) is 4.74 Å². The Morgan fingerprint density at radius 1 is 1.03 bits per heavy atom. The standard InChI is InChI=1S/C27H36N4O3/c1-28-24(32)19-31-25(33)30(18-21-10-12-23(34-4)13-11-21)20-26(31)14-16-27(17-15-26,29(2)3)22-8-6-5-7-9-22/h5-13H,14-20H2,1-4H3,(H,28,32)/t26-,27+. The number of amides is 3. The third-order valence-corrected chi connectivity index (χ3v) is 7.85. The van der Waals surface area contributed by atoms with Gasteiger partial charge in [0, 0.05) is 25.7 Å². The molecule has 7 heteroatoms. The van der Waals surface area contributed by atoms with Gasteiger partial charge in [0.05, 0.1) is 12.6 Å². The predicted octanol–water partition coefficient (Wildman–Crippen LogP) is 3.45. The molecule has 7 nitrogen and oxygen atoms in total. The number of hydrogen-bond donors (Lipinski definition) is 1. The zero-order valence-corrected chi connectivity index (χ0v) is 20.7. The summed E-state index contributed by atoms with van der Waals surface area (Å²) in [6, 6.07) is 18.4. The second kappa shape index (κ2) is 9.66. The minimum atomic E-state index is -0.343. The topological polar surface area (TPSA) is 65.1 Å². The number of urea groups is 1. The summed E-state index contributed by atoms with van der Waals surface area (Å²) < 4.78 is 5.26. The number of benzene rings is 2. The van der Waals surface area contributed by atoms with Gasteiger partial charge < -0.3 is 19.9 Å².